The van der Waals surface area contributed by atoms with Crippen molar-refractivity contribution >= 4 is 25.4 Å². The first-order valence-electron chi connectivity index (χ1n) is 13.4. The van der Waals surface area contributed by atoms with Gasteiger partial charge in [-0.3, -0.25) is 0 Å². The highest BCUT2D eigenvalue weighted by molar-refractivity contribution is 6.87. The van der Waals surface area contributed by atoms with E-state index in [1.807, 2.05) is 0 Å². The maximum atomic E-state index is 7.20. The molecule has 6 heteroatoms. The second kappa shape index (κ2) is 17.1. The summed E-state index contributed by atoms with van der Waals surface area (Å²) in [7, 11) is -6.22. The van der Waals surface area contributed by atoms with Crippen LogP contribution >= 0.6 is 0 Å². The standard InChI is InChI=1S/C24H56O3Si3/c1-9-17-18-19-20-21-22-23-24-30(25-10-2,26-28(11-3,12-4)13-5)27-29(14-6,15-7)16-8/h9-24H2,1-8H3. The van der Waals surface area contributed by atoms with Crippen molar-refractivity contribution in [2.24, 2.45) is 0 Å². The van der Waals surface area contributed by atoms with E-state index < -0.39 is 25.4 Å². The molecule has 0 amide bonds. The zero-order valence-electron chi connectivity index (χ0n) is 22.0. The first-order chi connectivity index (χ1) is 14.4. The van der Waals surface area contributed by atoms with Crippen LogP contribution in [0.3, 0.4) is 0 Å². The fraction of sp³-hybridized carbons (Fsp3) is 1.00. The number of unbranched alkanes of at least 4 members (excludes halogenated alkanes) is 7. The average molecular weight is 477 g/mol. The summed E-state index contributed by atoms with van der Waals surface area (Å²) in [5.41, 5.74) is 0. The molecule has 30 heavy (non-hydrogen) atoms. The summed E-state index contributed by atoms with van der Waals surface area (Å²) in [5, 5.41) is 0. The van der Waals surface area contributed by atoms with Gasteiger partial charge >= 0.3 is 8.80 Å². The van der Waals surface area contributed by atoms with Crippen LogP contribution in [-0.4, -0.2) is 32.0 Å². The largest absolute Gasteiger partial charge is 0.480 e. The van der Waals surface area contributed by atoms with Crippen LogP contribution in [0.2, 0.25) is 42.3 Å². The zero-order chi connectivity index (χ0) is 22.9. The fourth-order valence-corrected chi connectivity index (χ4v) is 19.4. The van der Waals surface area contributed by atoms with E-state index in [9.17, 15) is 0 Å². The maximum absolute atomic E-state index is 7.20. The Hall–Kier alpha value is 0.531. The summed E-state index contributed by atoms with van der Waals surface area (Å²) in [6.07, 6.45) is 10.7. The van der Waals surface area contributed by atoms with Gasteiger partial charge in [-0.25, -0.2) is 0 Å². The first kappa shape index (κ1) is 30.5. The Morgan fingerprint density at radius 1 is 0.467 bits per heavy atom. The fourth-order valence-electron chi connectivity index (χ4n) is 4.54. The molecule has 0 heterocycles. The van der Waals surface area contributed by atoms with Gasteiger partial charge in [0.05, 0.1) is 0 Å². The van der Waals surface area contributed by atoms with E-state index in [4.69, 9.17) is 12.7 Å². The number of hydrogen-bond acceptors (Lipinski definition) is 3. The highest BCUT2D eigenvalue weighted by Gasteiger charge is 2.51. The smallest absolute Gasteiger partial charge is 0.416 e. The maximum Gasteiger partial charge on any atom is 0.480 e. The van der Waals surface area contributed by atoms with Gasteiger partial charge in [-0.1, -0.05) is 93.4 Å². The van der Waals surface area contributed by atoms with Crippen molar-refractivity contribution in [1.29, 1.82) is 0 Å². The predicted octanol–water partition coefficient (Wildman–Crippen LogP) is 9.15. The van der Waals surface area contributed by atoms with Gasteiger partial charge in [0.15, 0.2) is 16.6 Å². The second-order valence-corrected chi connectivity index (χ2v) is 21.8. The minimum absolute atomic E-state index is 0.715. The first-order valence-corrected chi connectivity index (χ1v) is 20.4. The molecule has 0 unspecified atom stereocenters. The lowest BCUT2D eigenvalue weighted by Gasteiger charge is -2.44. The van der Waals surface area contributed by atoms with E-state index in [0.29, 0.717) is 6.61 Å². The summed E-state index contributed by atoms with van der Waals surface area (Å²) in [6, 6.07) is 8.04. The van der Waals surface area contributed by atoms with Crippen LogP contribution in [0.5, 0.6) is 0 Å². The Balaban J connectivity index is 5.37. The Morgan fingerprint density at radius 3 is 1.17 bits per heavy atom. The summed E-state index contributed by atoms with van der Waals surface area (Å²) < 4.78 is 21.0. The monoisotopic (exact) mass is 476 g/mol. The van der Waals surface area contributed by atoms with Gasteiger partial charge in [0.25, 0.3) is 0 Å². The molecule has 0 atom stereocenters. The van der Waals surface area contributed by atoms with Crippen molar-refractivity contribution in [1.82, 2.24) is 0 Å². The molecule has 182 valence electrons. The third-order valence-corrected chi connectivity index (χ3v) is 22.7. The van der Waals surface area contributed by atoms with Crippen LogP contribution in [0.1, 0.15) is 107 Å². The third kappa shape index (κ3) is 10.4. The zero-order valence-corrected chi connectivity index (χ0v) is 25.0. The predicted molar refractivity (Wildman–Crippen MR) is 141 cm³/mol. The van der Waals surface area contributed by atoms with Crippen molar-refractivity contribution in [2.75, 3.05) is 6.61 Å². The summed E-state index contributed by atoms with van der Waals surface area (Å²) in [4.78, 5) is 0. The van der Waals surface area contributed by atoms with Crippen molar-refractivity contribution in [2.45, 2.75) is 149 Å². The lowest BCUT2D eigenvalue weighted by molar-refractivity contribution is 0.163. The van der Waals surface area contributed by atoms with Gasteiger partial charge in [-0.15, -0.1) is 0 Å². The molecule has 3 nitrogen and oxygen atoms in total. The van der Waals surface area contributed by atoms with Crippen LogP contribution in [0, 0.1) is 0 Å². The molecule has 0 bridgehead atoms. The highest BCUT2D eigenvalue weighted by atomic mass is 28.5. The molecule has 0 N–H and O–H groups in total. The van der Waals surface area contributed by atoms with Crippen molar-refractivity contribution in [3.8, 4) is 0 Å². The molecule has 0 aliphatic heterocycles. The molecular formula is C24H56O3Si3. The van der Waals surface area contributed by atoms with Gasteiger partial charge in [-0.05, 0) is 49.6 Å². The lowest BCUT2D eigenvalue weighted by Crippen LogP contribution is -2.60. The lowest BCUT2D eigenvalue weighted by atomic mass is 10.1. The number of rotatable bonds is 21. The summed E-state index contributed by atoms with van der Waals surface area (Å²) >= 11 is 0. The Labute approximate surface area is 193 Å². The Bertz CT molecular complexity index is 361. The number of hydrogen-bond donors (Lipinski definition) is 0. The minimum Gasteiger partial charge on any atom is -0.416 e. The molecular weight excluding hydrogens is 421 g/mol. The van der Waals surface area contributed by atoms with Crippen LogP contribution in [0.4, 0.5) is 0 Å². The molecule has 0 aliphatic carbocycles. The topological polar surface area (TPSA) is 27.7 Å². The van der Waals surface area contributed by atoms with E-state index in [1.165, 1.54) is 87.6 Å². The average Bonchev–Trinajstić information content (AvgIpc) is 2.78. The van der Waals surface area contributed by atoms with Crippen LogP contribution in [-0.2, 0) is 12.7 Å². The van der Waals surface area contributed by atoms with Gasteiger partial charge in [0.1, 0.15) is 0 Å². The van der Waals surface area contributed by atoms with Crippen molar-refractivity contribution in [3.63, 3.8) is 0 Å². The molecule has 0 rings (SSSR count). The molecule has 0 saturated carbocycles. The third-order valence-electron chi connectivity index (χ3n) is 7.31. The second-order valence-electron chi connectivity index (χ2n) is 9.03. The van der Waals surface area contributed by atoms with Gasteiger partial charge in [0, 0.05) is 12.7 Å². The Kier molecular flexibility index (Phi) is 17.4. The van der Waals surface area contributed by atoms with Gasteiger partial charge in [-0.2, -0.15) is 0 Å². The van der Waals surface area contributed by atoms with Gasteiger partial charge < -0.3 is 12.7 Å². The highest BCUT2D eigenvalue weighted by Crippen LogP contribution is 2.35. The van der Waals surface area contributed by atoms with Crippen LogP contribution < -0.4 is 0 Å². The molecule has 0 aromatic rings. The van der Waals surface area contributed by atoms with Gasteiger partial charge in [0.2, 0.25) is 0 Å². The van der Waals surface area contributed by atoms with Crippen molar-refractivity contribution in [3.05, 3.63) is 0 Å². The molecule has 0 aliphatic rings. The summed E-state index contributed by atoms with van der Waals surface area (Å²) in [6.45, 7) is 19.1. The Morgan fingerprint density at radius 2 is 0.833 bits per heavy atom. The SMILES string of the molecule is CCCCCCCCCC[Si](OCC)(O[Si](CC)(CC)CC)O[Si](CC)(CC)CC. The van der Waals surface area contributed by atoms with Crippen LogP contribution in [0.15, 0.2) is 0 Å². The van der Waals surface area contributed by atoms with Crippen molar-refractivity contribution < 1.29 is 12.7 Å². The molecule has 0 spiro atoms. The quantitative estimate of drug-likeness (QED) is 0.122. The minimum atomic E-state index is -2.65. The molecule has 0 radical (unpaired) electrons. The van der Waals surface area contributed by atoms with E-state index >= 15 is 0 Å². The van der Waals surface area contributed by atoms with E-state index in [0.717, 1.165) is 6.04 Å². The normalized spacial score (nSPS) is 13.2. The van der Waals surface area contributed by atoms with Crippen LogP contribution in [0.25, 0.3) is 0 Å². The molecule has 0 fully saturated rings. The van der Waals surface area contributed by atoms with E-state index in [-0.39, 0.29) is 0 Å². The molecule has 0 aromatic carbocycles. The van der Waals surface area contributed by atoms with E-state index in [1.54, 1.807) is 0 Å². The summed E-state index contributed by atoms with van der Waals surface area (Å²) in [5.74, 6) is 0. The molecule has 0 saturated heterocycles. The molecule has 0 aromatic heterocycles. The van der Waals surface area contributed by atoms with E-state index in [2.05, 4.69) is 55.4 Å².